The van der Waals surface area contributed by atoms with Crippen LogP contribution in [0.2, 0.25) is 0 Å². The number of hydrogen-bond donors (Lipinski definition) is 0. The van der Waals surface area contributed by atoms with Gasteiger partial charge in [-0.15, -0.1) is 0 Å². The number of thioether (sulfide) groups is 1. The largest absolute Gasteiger partial charge is 0.493 e. The minimum absolute atomic E-state index is 0.275. The summed E-state index contributed by atoms with van der Waals surface area (Å²) in [5, 5.41) is -0.275. The van der Waals surface area contributed by atoms with E-state index in [-0.39, 0.29) is 5.16 Å². The number of hydrogen-bond acceptors (Lipinski definition) is 3. The van der Waals surface area contributed by atoms with E-state index < -0.39 is 0 Å². The van der Waals surface area contributed by atoms with Crippen molar-refractivity contribution in [1.29, 1.82) is 0 Å². The van der Waals surface area contributed by atoms with Crippen LogP contribution in [-0.4, -0.2) is 14.2 Å². The van der Waals surface area contributed by atoms with E-state index in [4.69, 9.17) is 9.47 Å². The second-order valence-electron chi connectivity index (χ2n) is 3.98. The summed E-state index contributed by atoms with van der Waals surface area (Å²) in [5.41, 5.74) is 0.726. The molecule has 0 atom stereocenters. The Bertz CT molecular complexity index is 597. The molecule has 0 heterocycles. The monoisotopic (exact) mass is 290 g/mol. The fourth-order valence-corrected chi connectivity index (χ4v) is 2.42. The van der Waals surface area contributed by atoms with Crippen LogP contribution in [0.3, 0.4) is 0 Å². The Kier molecular flexibility index (Phi) is 5.07. The lowest BCUT2D eigenvalue weighted by Crippen LogP contribution is -1.90. The molecule has 0 unspecified atom stereocenters. The lowest BCUT2D eigenvalue weighted by molar-refractivity contribution is 0.355. The second-order valence-corrected chi connectivity index (χ2v) is 5.04. The van der Waals surface area contributed by atoms with Gasteiger partial charge in [-0.1, -0.05) is 36.0 Å². The highest BCUT2D eigenvalue weighted by atomic mass is 32.2. The summed E-state index contributed by atoms with van der Waals surface area (Å²) < 4.78 is 24.3. The van der Waals surface area contributed by atoms with Crippen molar-refractivity contribution in [2.24, 2.45) is 0 Å². The van der Waals surface area contributed by atoms with Crippen LogP contribution in [0.1, 0.15) is 5.56 Å². The normalized spacial score (nSPS) is 11.2. The molecule has 0 aliphatic rings. The summed E-state index contributed by atoms with van der Waals surface area (Å²) in [7, 11) is 3.12. The van der Waals surface area contributed by atoms with E-state index in [1.807, 2.05) is 30.3 Å². The Morgan fingerprint density at radius 3 is 2.35 bits per heavy atom. The van der Waals surface area contributed by atoms with Crippen LogP contribution >= 0.6 is 11.8 Å². The van der Waals surface area contributed by atoms with Gasteiger partial charge in [0.15, 0.2) is 16.7 Å². The average molecular weight is 290 g/mol. The summed E-state index contributed by atoms with van der Waals surface area (Å²) in [6.07, 6.45) is 1.47. The third kappa shape index (κ3) is 3.78. The van der Waals surface area contributed by atoms with Crippen molar-refractivity contribution >= 4 is 17.8 Å². The van der Waals surface area contributed by atoms with Crippen LogP contribution in [0.25, 0.3) is 6.08 Å². The van der Waals surface area contributed by atoms with E-state index in [1.165, 1.54) is 6.08 Å². The maximum Gasteiger partial charge on any atom is 0.161 e. The molecule has 0 bridgehead atoms. The van der Waals surface area contributed by atoms with Gasteiger partial charge in [0.1, 0.15) is 0 Å². The molecular formula is C16H15FO2S. The number of halogens is 1. The maximum absolute atomic E-state index is 13.9. The molecule has 0 radical (unpaired) electrons. The second kappa shape index (κ2) is 7.01. The summed E-state index contributed by atoms with van der Waals surface area (Å²) in [6.45, 7) is 0. The Morgan fingerprint density at radius 2 is 1.70 bits per heavy atom. The van der Waals surface area contributed by atoms with Crippen LogP contribution in [0.4, 0.5) is 4.39 Å². The summed E-state index contributed by atoms with van der Waals surface area (Å²) in [5.74, 6) is 1.21. The molecule has 2 rings (SSSR count). The van der Waals surface area contributed by atoms with Crippen molar-refractivity contribution in [3.05, 3.63) is 59.3 Å². The van der Waals surface area contributed by atoms with Gasteiger partial charge in [-0.25, -0.2) is 0 Å². The van der Waals surface area contributed by atoms with E-state index >= 15 is 0 Å². The summed E-state index contributed by atoms with van der Waals surface area (Å²) >= 11 is 1.08. The highest BCUT2D eigenvalue weighted by Crippen LogP contribution is 2.32. The third-order valence-electron chi connectivity index (χ3n) is 2.65. The Labute approximate surface area is 122 Å². The first kappa shape index (κ1) is 14.5. The molecule has 0 aliphatic carbocycles. The van der Waals surface area contributed by atoms with Gasteiger partial charge in [0.05, 0.1) is 14.2 Å². The first-order valence-corrected chi connectivity index (χ1v) is 6.86. The van der Waals surface area contributed by atoms with Gasteiger partial charge in [0, 0.05) is 4.90 Å². The lowest BCUT2D eigenvalue weighted by atomic mass is 10.2. The number of methoxy groups -OCH3 is 2. The van der Waals surface area contributed by atoms with Crippen LogP contribution in [0.15, 0.2) is 58.6 Å². The van der Waals surface area contributed by atoms with E-state index in [0.717, 1.165) is 22.2 Å². The lowest BCUT2D eigenvalue weighted by Gasteiger charge is -2.07. The molecule has 0 fully saturated rings. The van der Waals surface area contributed by atoms with Crippen LogP contribution in [0.5, 0.6) is 11.5 Å². The predicted molar refractivity (Wildman–Crippen MR) is 80.9 cm³/mol. The van der Waals surface area contributed by atoms with Gasteiger partial charge >= 0.3 is 0 Å². The molecule has 0 saturated heterocycles. The van der Waals surface area contributed by atoms with E-state index in [2.05, 4.69) is 0 Å². The quantitative estimate of drug-likeness (QED) is 0.739. The average Bonchev–Trinajstić information content (AvgIpc) is 2.48. The summed E-state index contributed by atoms with van der Waals surface area (Å²) in [6, 6.07) is 14.7. The number of ether oxygens (including phenoxy) is 2. The van der Waals surface area contributed by atoms with Crippen molar-refractivity contribution in [3.63, 3.8) is 0 Å². The molecule has 4 heteroatoms. The Morgan fingerprint density at radius 1 is 1.00 bits per heavy atom. The molecule has 0 saturated carbocycles. The fourth-order valence-electron chi connectivity index (χ4n) is 1.70. The van der Waals surface area contributed by atoms with Crippen molar-refractivity contribution in [2.45, 2.75) is 4.90 Å². The van der Waals surface area contributed by atoms with Crippen molar-refractivity contribution < 1.29 is 13.9 Å². The van der Waals surface area contributed by atoms with Crippen molar-refractivity contribution in [3.8, 4) is 11.5 Å². The van der Waals surface area contributed by atoms with E-state index in [9.17, 15) is 4.39 Å². The van der Waals surface area contributed by atoms with Crippen molar-refractivity contribution in [2.75, 3.05) is 14.2 Å². The Balaban J connectivity index is 2.17. The first-order chi connectivity index (χ1) is 9.72. The molecule has 104 valence electrons. The first-order valence-electron chi connectivity index (χ1n) is 6.05. The van der Waals surface area contributed by atoms with Gasteiger partial charge in [-0.05, 0) is 35.9 Å². The van der Waals surface area contributed by atoms with Crippen LogP contribution in [0, 0.1) is 0 Å². The highest BCUT2D eigenvalue weighted by molar-refractivity contribution is 8.03. The molecule has 0 aromatic heterocycles. The third-order valence-corrected chi connectivity index (χ3v) is 3.47. The molecule has 2 aromatic carbocycles. The van der Waals surface area contributed by atoms with Gasteiger partial charge in [-0.3, -0.25) is 0 Å². The zero-order valence-electron chi connectivity index (χ0n) is 11.3. The predicted octanol–water partition coefficient (Wildman–Crippen LogP) is 4.76. The summed E-state index contributed by atoms with van der Waals surface area (Å²) in [4.78, 5) is 0.863. The number of rotatable bonds is 5. The topological polar surface area (TPSA) is 18.5 Å². The highest BCUT2D eigenvalue weighted by Gasteiger charge is 2.05. The molecule has 0 N–H and O–H groups in total. The molecule has 0 amide bonds. The van der Waals surface area contributed by atoms with E-state index in [0.29, 0.717) is 11.5 Å². The minimum Gasteiger partial charge on any atom is -0.493 e. The molecular weight excluding hydrogens is 275 g/mol. The minimum atomic E-state index is -0.275. The smallest absolute Gasteiger partial charge is 0.161 e. The molecule has 2 aromatic rings. The molecule has 0 spiro atoms. The van der Waals surface area contributed by atoms with Gasteiger partial charge in [0.25, 0.3) is 0 Å². The van der Waals surface area contributed by atoms with E-state index in [1.54, 1.807) is 32.4 Å². The zero-order valence-corrected chi connectivity index (χ0v) is 12.1. The van der Waals surface area contributed by atoms with Gasteiger partial charge in [-0.2, -0.15) is 4.39 Å². The zero-order chi connectivity index (χ0) is 14.4. The van der Waals surface area contributed by atoms with Crippen LogP contribution < -0.4 is 9.47 Å². The number of benzene rings is 2. The molecule has 20 heavy (non-hydrogen) atoms. The standard InChI is InChI=1S/C16H15FO2S/c1-18-14-9-8-12(10-15(14)19-2)11-16(17)20-13-6-4-3-5-7-13/h3-11H,1-2H3/b16-11+. The fraction of sp³-hybridized carbons (Fsp3) is 0.125. The van der Waals surface area contributed by atoms with Gasteiger partial charge < -0.3 is 9.47 Å². The Hall–Kier alpha value is -1.94. The molecule has 0 aliphatic heterocycles. The van der Waals surface area contributed by atoms with Crippen molar-refractivity contribution in [1.82, 2.24) is 0 Å². The van der Waals surface area contributed by atoms with Gasteiger partial charge in [0.2, 0.25) is 0 Å². The van der Waals surface area contributed by atoms with Crippen LogP contribution in [-0.2, 0) is 0 Å². The molecule has 2 nitrogen and oxygen atoms in total. The maximum atomic E-state index is 13.9. The SMILES string of the molecule is COc1ccc(/C=C(\F)Sc2ccccc2)cc1OC.